The van der Waals surface area contributed by atoms with E-state index in [1.807, 2.05) is 25.1 Å². The highest BCUT2D eigenvalue weighted by Gasteiger charge is 2.25. The van der Waals surface area contributed by atoms with Crippen LogP contribution in [-0.4, -0.2) is 43.0 Å². The summed E-state index contributed by atoms with van der Waals surface area (Å²) in [6.07, 6.45) is 0. The third kappa shape index (κ3) is 4.08. The third-order valence-corrected chi connectivity index (χ3v) is 4.69. The highest BCUT2D eigenvalue weighted by atomic mass is 35.5. The average Bonchev–Trinajstić information content (AvgIpc) is 2.62. The van der Waals surface area contributed by atoms with Crippen molar-refractivity contribution >= 4 is 28.9 Å². The lowest BCUT2D eigenvalue weighted by Crippen LogP contribution is -2.52. The summed E-state index contributed by atoms with van der Waals surface area (Å²) >= 11 is 5.96. The van der Waals surface area contributed by atoms with Gasteiger partial charge in [0.15, 0.2) is 0 Å². The summed E-state index contributed by atoms with van der Waals surface area (Å²) in [6.45, 7) is 5.56. The smallest absolute Gasteiger partial charge is 0.241 e. The number of amides is 1. The number of carbonyl (C=O) groups is 1. The molecule has 2 aromatic rings. The molecule has 0 saturated carbocycles. The minimum absolute atomic E-state index is 0.00503. The Balaban J connectivity index is 1.55. The van der Waals surface area contributed by atoms with E-state index in [0.29, 0.717) is 5.02 Å². The van der Waals surface area contributed by atoms with Gasteiger partial charge < -0.3 is 10.2 Å². The molecule has 1 saturated heterocycles. The molecule has 5 heteroatoms. The Hall–Kier alpha value is -2.04. The first kappa shape index (κ1) is 16.8. The average molecular weight is 344 g/mol. The number of rotatable bonds is 4. The summed E-state index contributed by atoms with van der Waals surface area (Å²) in [5, 5.41) is 3.57. The van der Waals surface area contributed by atoms with Gasteiger partial charge in [0.1, 0.15) is 0 Å². The van der Waals surface area contributed by atoms with E-state index in [9.17, 15) is 4.79 Å². The number of halogens is 1. The molecule has 0 unspecified atom stereocenters. The molecule has 0 bridgehead atoms. The largest absolute Gasteiger partial charge is 0.369 e. The van der Waals surface area contributed by atoms with Gasteiger partial charge in [0.25, 0.3) is 0 Å². The molecule has 1 atom stereocenters. The van der Waals surface area contributed by atoms with Crippen molar-refractivity contribution in [3.8, 4) is 0 Å². The van der Waals surface area contributed by atoms with E-state index in [4.69, 9.17) is 11.6 Å². The van der Waals surface area contributed by atoms with Gasteiger partial charge in [-0.1, -0.05) is 35.9 Å². The van der Waals surface area contributed by atoms with Crippen LogP contribution >= 0.6 is 11.6 Å². The topological polar surface area (TPSA) is 35.6 Å². The third-order valence-electron chi connectivity index (χ3n) is 4.45. The summed E-state index contributed by atoms with van der Waals surface area (Å²) in [7, 11) is 0. The van der Waals surface area contributed by atoms with Crippen molar-refractivity contribution in [2.24, 2.45) is 0 Å². The van der Waals surface area contributed by atoms with Crippen LogP contribution in [0.15, 0.2) is 54.6 Å². The molecular weight excluding hydrogens is 322 g/mol. The van der Waals surface area contributed by atoms with Gasteiger partial charge in [0.2, 0.25) is 5.91 Å². The fourth-order valence-corrected chi connectivity index (χ4v) is 3.18. The Bertz CT molecular complexity index is 684. The molecule has 0 radical (unpaired) electrons. The maximum absolute atomic E-state index is 12.5. The van der Waals surface area contributed by atoms with Crippen molar-refractivity contribution < 1.29 is 4.79 Å². The minimum atomic E-state index is -0.165. The predicted octanol–water partition coefficient (Wildman–Crippen LogP) is 3.49. The molecule has 24 heavy (non-hydrogen) atoms. The van der Waals surface area contributed by atoms with E-state index in [2.05, 4.69) is 39.4 Å². The Labute approximate surface area is 148 Å². The molecule has 1 heterocycles. The number of para-hydroxylation sites is 1. The summed E-state index contributed by atoms with van der Waals surface area (Å²) in [4.78, 5) is 17.0. The van der Waals surface area contributed by atoms with Gasteiger partial charge in [-0.05, 0) is 37.3 Å². The van der Waals surface area contributed by atoms with Crippen LogP contribution in [0.5, 0.6) is 0 Å². The van der Waals surface area contributed by atoms with Gasteiger partial charge in [-0.2, -0.15) is 0 Å². The minimum Gasteiger partial charge on any atom is -0.369 e. The number of anilines is 2. The van der Waals surface area contributed by atoms with Crippen LogP contribution < -0.4 is 10.2 Å². The van der Waals surface area contributed by atoms with Gasteiger partial charge in [0.05, 0.1) is 6.04 Å². The standard InChI is InChI=1S/C19H22ClN3O/c1-15(19(24)21-17-7-5-6-16(20)14-17)22-10-12-23(13-11-22)18-8-3-2-4-9-18/h2-9,14-15H,10-13H2,1H3,(H,21,24)/t15-/m1/s1. The normalized spacial score (nSPS) is 16.7. The fourth-order valence-electron chi connectivity index (χ4n) is 2.98. The van der Waals surface area contributed by atoms with E-state index >= 15 is 0 Å². The molecule has 1 amide bonds. The number of hydrogen-bond acceptors (Lipinski definition) is 3. The zero-order valence-corrected chi connectivity index (χ0v) is 14.5. The monoisotopic (exact) mass is 343 g/mol. The second kappa shape index (κ2) is 7.69. The Morgan fingerprint density at radius 1 is 1.04 bits per heavy atom. The van der Waals surface area contributed by atoms with Crippen molar-refractivity contribution in [1.29, 1.82) is 0 Å². The summed E-state index contributed by atoms with van der Waals surface area (Å²) < 4.78 is 0. The highest BCUT2D eigenvalue weighted by Crippen LogP contribution is 2.18. The molecule has 0 aromatic heterocycles. The molecule has 1 aliphatic rings. The molecule has 4 nitrogen and oxygen atoms in total. The van der Waals surface area contributed by atoms with Crippen molar-refractivity contribution in [3.63, 3.8) is 0 Å². The molecule has 0 aliphatic carbocycles. The van der Waals surface area contributed by atoms with Crippen LogP contribution in [-0.2, 0) is 4.79 Å². The SMILES string of the molecule is C[C@H](C(=O)Nc1cccc(Cl)c1)N1CCN(c2ccccc2)CC1. The molecule has 1 aliphatic heterocycles. The van der Waals surface area contributed by atoms with Crippen LogP contribution in [0.25, 0.3) is 0 Å². The number of carbonyl (C=O) groups excluding carboxylic acids is 1. The Morgan fingerprint density at radius 3 is 2.42 bits per heavy atom. The lowest BCUT2D eigenvalue weighted by molar-refractivity contribution is -0.120. The first-order chi connectivity index (χ1) is 11.6. The van der Waals surface area contributed by atoms with Gasteiger partial charge in [-0.3, -0.25) is 9.69 Å². The van der Waals surface area contributed by atoms with Crippen molar-refractivity contribution in [2.45, 2.75) is 13.0 Å². The molecule has 0 spiro atoms. The zero-order valence-electron chi connectivity index (χ0n) is 13.8. The maximum atomic E-state index is 12.5. The number of piperazine rings is 1. The van der Waals surface area contributed by atoms with Gasteiger partial charge in [-0.25, -0.2) is 0 Å². The Morgan fingerprint density at radius 2 is 1.75 bits per heavy atom. The number of nitrogens with one attached hydrogen (secondary N) is 1. The lowest BCUT2D eigenvalue weighted by atomic mass is 10.2. The first-order valence-corrected chi connectivity index (χ1v) is 8.62. The van der Waals surface area contributed by atoms with E-state index in [1.165, 1.54) is 5.69 Å². The second-order valence-electron chi connectivity index (χ2n) is 6.03. The van der Waals surface area contributed by atoms with E-state index in [1.54, 1.807) is 12.1 Å². The first-order valence-electron chi connectivity index (χ1n) is 8.24. The Kier molecular flexibility index (Phi) is 5.38. The van der Waals surface area contributed by atoms with Gasteiger partial charge in [0, 0.05) is 42.6 Å². The zero-order chi connectivity index (χ0) is 16.9. The number of nitrogens with zero attached hydrogens (tertiary/aromatic N) is 2. The molecule has 3 rings (SSSR count). The van der Waals surface area contributed by atoms with Gasteiger partial charge in [-0.15, -0.1) is 0 Å². The summed E-state index contributed by atoms with van der Waals surface area (Å²) in [5.41, 5.74) is 1.98. The van der Waals surface area contributed by atoms with Crippen molar-refractivity contribution in [1.82, 2.24) is 4.90 Å². The van der Waals surface area contributed by atoms with Gasteiger partial charge >= 0.3 is 0 Å². The van der Waals surface area contributed by atoms with Crippen LogP contribution in [0.2, 0.25) is 5.02 Å². The van der Waals surface area contributed by atoms with Crippen LogP contribution in [0.3, 0.4) is 0 Å². The number of hydrogen-bond donors (Lipinski definition) is 1. The summed E-state index contributed by atoms with van der Waals surface area (Å²) in [6, 6.07) is 17.5. The van der Waals surface area contributed by atoms with Crippen molar-refractivity contribution in [3.05, 3.63) is 59.6 Å². The maximum Gasteiger partial charge on any atom is 0.241 e. The molecular formula is C19H22ClN3O. The van der Waals surface area contributed by atoms with Crippen LogP contribution in [0.1, 0.15) is 6.92 Å². The van der Waals surface area contributed by atoms with Crippen LogP contribution in [0, 0.1) is 0 Å². The predicted molar refractivity (Wildman–Crippen MR) is 99.8 cm³/mol. The molecule has 1 N–H and O–H groups in total. The molecule has 1 fully saturated rings. The quantitative estimate of drug-likeness (QED) is 0.923. The van der Waals surface area contributed by atoms with E-state index < -0.39 is 0 Å². The number of benzene rings is 2. The lowest BCUT2D eigenvalue weighted by Gasteiger charge is -2.38. The molecule has 2 aromatic carbocycles. The molecule has 126 valence electrons. The van der Waals surface area contributed by atoms with Crippen molar-refractivity contribution in [2.75, 3.05) is 36.4 Å². The summed E-state index contributed by atoms with van der Waals surface area (Å²) in [5.74, 6) is 0.00503. The van der Waals surface area contributed by atoms with Crippen LogP contribution in [0.4, 0.5) is 11.4 Å². The highest BCUT2D eigenvalue weighted by molar-refractivity contribution is 6.30. The fraction of sp³-hybridized carbons (Fsp3) is 0.316. The van der Waals surface area contributed by atoms with E-state index in [0.717, 1.165) is 31.9 Å². The second-order valence-corrected chi connectivity index (χ2v) is 6.47. The van der Waals surface area contributed by atoms with E-state index in [-0.39, 0.29) is 11.9 Å².